The Morgan fingerprint density at radius 3 is 2.86 bits per heavy atom. The van der Waals surface area contributed by atoms with E-state index in [9.17, 15) is 4.39 Å². The third-order valence-corrected chi connectivity index (χ3v) is 1.89. The molecule has 0 atom stereocenters. The molecule has 1 rings (SSSR count). The molecule has 0 aliphatic rings. The van der Waals surface area contributed by atoms with Gasteiger partial charge in [0.25, 0.3) is 0 Å². The van der Waals surface area contributed by atoms with Crippen LogP contribution in [0.15, 0.2) is 18.2 Å². The Hall–Kier alpha value is -1.09. The number of aryl methyl sites for hydroxylation is 1. The predicted octanol–water partition coefficient (Wildman–Crippen LogP) is 2.58. The Morgan fingerprint density at radius 2 is 2.21 bits per heavy atom. The minimum absolute atomic E-state index is 0.207. The highest BCUT2D eigenvalue weighted by Crippen LogP contribution is 2.14. The largest absolute Gasteiger partial charge is 0.380 e. The first kappa shape index (κ1) is 11.0. The number of nitrogens with one attached hydrogen (secondary N) is 1. The van der Waals surface area contributed by atoms with Gasteiger partial charge in [0, 0.05) is 13.2 Å². The standard InChI is InChI=1S/C11H16FNO/c1-3-14-7-6-13-11-5-4-9(2)8-10(11)12/h4-5,8,13H,3,6-7H2,1-2H3. The Kier molecular flexibility index (Phi) is 4.40. The van der Waals surface area contributed by atoms with Gasteiger partial charge < -0.3 is 10.1 Å². The smallest absolute Gasteiger partial charge is 0.146 e. The number of hydrogen-bond acceptors (Lipinski definition) is 2. The summed E-state index contributed by atoms with van der Waals surface area (Å²) in [6, 6.07) is 5.14. The van der Waals surface area contributed by atoms with E-state index in [1.165, 1.54) is 6.07 Å². The van der Waals surface area contributed by atoms with Crippen molar-refractivity contribution in [3.05, 3.63) is 29.6 Å². The van der Waals surface area contributed by atoms with Crippen molar-refractivity contribution in [2.24, 2.45) is 0 Å². The lowest BCUT2D eigenvalue weighted by Crippen LogP contribution is -2.10. The van der Waals surface area contributed by atoms with Crippen molar-refractivity contribution in [2.75, 3.05) is 25.1 Å². The first-order chi connectivity index (χ1) is 6.74. The van der Waals surface area contributed by atoms with Crippen LogP contribution in [0.4, 0.5) is 10.1 Å². The maximum atomic E-state index is 13.3. The van der Waals surface area contributed by atoms with Crippen molar-refractivity contribution in [2.45, 2.75) is 13.8 Å². The van der Waals surface area contributed by atoms with E-state index < -0.39 is 0 Å². The van der Waals surface area contributed by atoms with Gasteiger partial charge >= 0.3 is 0 Å². The molecule has 0 saturated heterocycles. The molecule has 0 aliphatic carbocycles. The first-order valence-electron chi connectivity index (χ1n) is 4.82. The van der Waals surface area contributed by atoms with Crippen molar-refractivity contribution in [1.82, 2.24) is 0 Å². The molecule has 0 amide bonds. The molecular weight excluding hydrogens is 181 g/mol. The van der Waals surface area contributed by atoms with Crippen LogP contribution in [0.25, 0.3) is 0 Å². The Labute approximate surface area is 84.1 Å². The maximum Gasteiger partial charge on any atom is 0.146 e. The molecule has 0 spiro atoms. The summed E-state index contributed by atoms with van der Waals surface area (Å²) in [5, 5.41) is 2.97. The summed E-state index contributed by atoms with van der Waals surface area (Å²) < 4.78 is 18.4. The molecule has 2 nitrogen and oxygen atoms in total. The second-order valence-electron chi connectivity index (χ2n) is 3.11. The van der Waals surface area contributed by atoms with Crippen LogP contribution >= 0.6 is 0 Å². The first-order valence-corrected chi connectivity index (χ1v) is 4.82. The minimum atomic E-state index is -0.207. The average Bonchev–Trinajstić information content (AvgIpc) is 2.15. The third kappa shape index (κ3) is 3.34. The van der Waals surface area contributed by atoms with Gasteiger partial charge in [-0.1, -0.05) is 6.07 Å². The van der Waals surface area contributed by atoms with E-state index in [0.29, 0.717) is 25.4 Å². The third-order valence-electron chi connectivity index (χ3n) is 1.89. The number of hydrogen-bond donors (Lipinski definition) is 1. The number of ether oxygens (including phenoxy) is 1. The molecule has 78 valence electrons. The van der Waals surface area contributed by atoms with Crippen LogP contribution in [0, 0.1) is 12.7 Å². The summed E-state index contributed by atoms with van der Waals surface area (Å²) in [4.78, 5) is 0. The van der Waals surface area contributed by atoms with E-state index in [2.05, 4.69) is 5.32 Å². The zero-order chi connectivity index (χ0) is 10.4. The summed E-state index contributed by atoms with van der Waals surface area (Å²) in [5.74, 6) is -0.207. The highest BCUT2D eigenvalue weighted by molar-refractivity contribution is 5.45. The van der Waals surface area contributed by atoms with E-state index in [-0.39, 0.29) is 5.82 Å². The molecule has 0 radical (unpaired) electrons. The summed E-state index contributed by atoms with van der Waals surface area (Å²) >= 11 is 0. The topological polar surface area (TPSA) is 21.3 Å². The fourth-order valence-electron chi connectivity index (χ4n) is 1.17. The van der Waals surface area contributed by atoms with Gasteiger partial charge in [-0.05, 0) is 31.5 Å². The van der Waals surface area contributed by atoms with Crippen LogP contribution < -0.4 is 5.32 Å². The SMILES string of the molecule is CCOCCNc1ccc(C)cc1F. The van der Waals surface area contributed by atoms with Gasteiger partial charge in [0.05, 0.1) is 12.3 Å². The summed E-state index contributed by atoms with van der Waals surface area (Å²) in [7, 11) is 0. The molecule has 0 aliphatic heterocycles. The number of halogens is 1. The molecule has 0 bridgehead atoms. The molecule has 1 N–H and O–H groups in total. The van der Waals surface area contributed by atoms with E-state index in [1.807, 2.05) is 19.9 Å². The van der Waals surface area contributed by atoms with Crippen LogP contribution in [0.3, 0.4) is 0 Å². The predicted molar refractivity (Wildman–Crippen MR) is 56.1 cm³/mol. The van der Waals surface area contributed by atoms with Crippen LogP contribution in [-0.2, 0) is 4.74 Å². The summed E-state index contributed by atoms with van der Waals surface area (Å²) in [6.07, 6.45) is 0. The van der Waals surface area contributed by atoms with E-state index in [0.717, 1.165) is 5.56 Å². The molecule has 0 fully saturated rings. The van der Waals surface area contributed by atoms with Crippen LogP contribution in [-0.4, -0.2) is 19.8 Å². The number of anilines is 1. The zero-order valence-corrected chi connectivity index (χ0v) is 8.64. The van der Waals surface area contributed by atoms with Gasteiger partial charge in [-0.2, -0.15) is 0 Å². The molecule has 14 heavy (non-hydrogen) atoms. The maximum absolute atomic E-state index is 13.3. The van der Waals surface area contributed by atoms with Crippen molar-refractivity contribution < 1.29 is 9.13 Å². The Bertz CT molecular complexity index is 289. The molecular formula is C11H16FNO. The highest BCUT2D eigenvalue weighted by atomic mass is 19.1. The van der Waals surface area contributed by atoms with E-state index in [4.69, 9.17) is 4.74 Å². The van der Waals surface area contributed by atoms with Gasteiger partial charge in [-0.25, -0.2) is 4.39 Å². The van der Waals surface area contributed by atoms with Gasteiger partial charge in [-0.15, -0.1) is 0 Å². The van der Waals surface area contributed by atoms with E-state index >= 15 is 0 Å². The molecule has 1 aromatic carbocycles. The monoisotopic (exact) mass is 197 g/mol. The molecule has 0 saturated carbocycles. The van der Waals surface area contributed by atoms with Crippen LogP contribution in [0.5, 0.6) is 0 Å². The van der Waals surface area contributed by atoms with Gasteiger partial charge in [0.15, 0.2) is 0 Å². The molecule has 0 unspecified atom stereocenters. The van der Waals surface area contributed by atoms with Crippen molar-refractivity contribution in [3.63, 3.8) is 0 Å². The fraction of sp³-hybridized carbons (Fsp3) is 0.455. The van der Waals surface area contributed by atoms with Gasteiger partial charge in [0.2, 0.25) is 0 Å². The Morgan fingerprint density at radius 1 is 1.43 bits per heavy atom. The average molecular weight is 197 g/mol. The number of benzene rings is 1. The molecule has 0 heterocycles. The van der Waals surface area contributed by atoms with E-state index in [1.54, 1.807) is 6.07 Å². The van der Waals surface area contributed by atoms with Crippen molar-refractivity contribution in [3.8, 4) is 0 Å². The normalized spacial score (nSPS) is 10.2. The summed E-state index contributed by atoms with van der Waals surface area (Å²) in [5.41, 5.74) is 1.47. The lowest BCUT2D eigenvalue weighted by Gasteiger charge is -2.07. The Balaban J connectivity index is 2.42. The second kappa shape index (κ2) is 5.60. The highest BCUT2D eigenvalue weighted by Gasteiger charge is 2.00. The second-order valence-corrected chi connectivity index (χ2v) is 3.11. The van der Waals surface area contributed by atoms with Crippen LogP contribution in [0.1, 0.15) is 12.5 Å². The van der Waals surface area contributed by atoms with Gasteiger partial charge in [0.1, 0.15) is 5.82 Å². The van der Waals surface area contributed by atoms with Gasteiger partial charge in [-0.3, -0.25) is 0 Å². The summed E-state index contributed by atoms with van der Waals surface area (Å²) in [6.45, 7) is 5.73. The van der Waals surface area contributed by atoms with Crippen molar-refractivity contribution in [1.29, 1.82) is 0 Å². The molecule has 1 aromatic rings. The quantitative estimate of drug-likeness (QED) is 0.732. The van der Waals surface area contributed by atoms with Crippen molar-refractivity contribution >= 4 is 5.69 Å². The minimum Gasteiger partial charge on any atom is -0.380 e. The lowest BCUT2D eigenvalue weighted by atomic mass is 10.2. The fourth-order valence-corrected chi connectivity index (χ4v) is 1.17. The molecule has 0 aromatic heterocycles. The lowest BCUT2D eigenvalue weighted by molar-refractivity contribution is 0.158. The number of rotatable bonds is 5. The zero-order valence-electron chi connectivity index (χ0n) is 8.64. The molecule has 3 heteroatoms. The van der Waals surface area contributed by atoms with Crippen LogP contribution in [0.2, 0.25) is 0 Å².